The summed E-state index contributed by atoms with van der Waals surface area (Å²) in [6.45, 7) is 0.440. The Balaban J connectivity index is 1.30. The first-order chi connectivity index (χ1) is 18.6. The first-order valence-electron chi connectivity index (χ1n) is 12.0. The number of rotatable bonds is 10. The molecule has 0 aliphatic rings. The van der Waals surface area contributed by atoms with E-state index < -0.39 is 0 Å². The molecule has 1 N–H and O–H groups in total. The van der Waals surface area contributed by atoms with Crippen molar-refractivity contribution in [1.82, 2.24) is 14.8 Å². The maximum atomic E-state index is 12.7. The summed E-state index contributed by atoms with van der Waals surface area (Å²) < 4.78 is 18.1. The lowest BCUT2D eigenvalue weighted by Crippen LogP contribution is -2.12. The van der Waals surface area contributed by atoms with Crippen LogP contribution in [0, 0.1) is 0 Å². The van der Waals surface area contributed by atoms with Gasteiger partial charge in [0.25, 0.3) is 5.91 Å². The molecule has 38 heavy (non-hydrogen) atoms. The topological polar surface area (TPSA) is 87.5 Å². The van der Waals surface area contributed by atoms with E-state index in [-0.39, 0.29) is 5.91 Å². The summed E-state index contributed by atoms with van der Waals surface area (Å²) >= 11 is 1.58. The summed E-state index contributed by atoms with van der Waals surface area (Å²) in [5.41, 5.74) is 3.11. The van der Waals surface area contributed by atoms with Gasteiger partial charge in [-0.05, 0) is 71.6 Å². The summed E-state index contributed by atoms with van der Waals surface area (Å²) in [7, 11) is 3.22. The normalized spacial score (nSPS) is 10.7. The van der Waals surface area contributed by atoms with Crippen molar-refractivity contribution in [3.8, 4) is 33.9 Å². The van der Waals surface area contributed by atoms with Crippen molar-refractivity contribution < 1.29 is 19.0 Å². The SMILES string of the molecule is COc1ccc(CCOc2nc(-c3cccs3)n(-c3ccc(NC(=O)c4cccc(OC)c4)cc3)n2)cc1. The maximum absolute atomic E-state index is 12.7. The van der Waals surface area contributed by atoms with Crippen LogP contribution in [0.2, 0.25) is 0 Å². The molecule has 0 saturated heterocycles. The van der Waals surface area contributed by atoms with E-state index in [0.717, 1.165) is 21.9 Å². The van der Waals surface area contributed by atoms with Gasteiger partial charge in [-0.3, -0.25) is 4.79 Å². The third kappa shape index (κ3) is 5.84. The highest BCUT2D eigenvalue weighted by molar-refractivity contribution is 7.13. The Hall–Kier alpha value is -4.63. The van der Waals surface area contributed by atoms with Crippen molar-refractivity contribution in [3.63, 3.8) is 0 Å². The Kier molecular flexibility index (Phi) is 7.65. The Morgan fingerprint density at radius 3 is 2.42 bits per heavy atom. The minimum Gasteiger partial charge on any atom is -0.497 e. The number of carbonyl (C=O) groups excluding carboxylic acids is 1. The predicted molar refractivity (Wildman–Crippen MR) is 148 cm³/mol. The third-order valence-electron chi connectivity index (χ3n) is 5.81. The van der Waals surface area contributed by atoms with E-state index in [1.807, 2.05) is 66.0 Å². The number of anilines is 1. The van der Waals surface area contributed by atoms with Crippen LogP contribution in [0.15, 0.2) is 90.3 Å². The van der Waals surface area contributed by atoms with Gasteiger partial charge in [-0.2, -0.15) is 4.98 Å². The van der Waals surface area contributed by atoms with E-state index in [4.69, 9.17) is 14.2 Å². The van der Waals surface area contributed by atoms with Crippen LogP contribution in [-0.4, -0.2) is 41.5 Å². The van der Waals surface area contributed by atoms with Gasteiger partial charge in [0.15, 0.2) is 5.82 Å². The predicted octanol–water partition coefficient (Wildman–Crippen LogP) is 5.89. The Morgan fingerprint density at radius 2 is 1.71 bits per heavy atom. The molecule has 1 amide bonds. The minimum absolute atomic E-state index is 0.218. The van der Waals surface area contributed by atoms with Gasteiger partial charge in [0.1, 0.15) is 11.5 Å². The molecule has 8 nitrogen and oxygen atoms in total. The molecular weight excluding hydrogens is 500 g/mol. The van der Waals surface area contributed by atoms with Crippen LogP contribution in [0.5, 0.6) is 17.5 Å². The molecule has 0 spiro atoms. The highest BCUT2D eigenvalue weighted by Gasteiger charge is 2.16. The summed E-state index contributed by atoms with van der Waals surface area (Å²) in [4.78, 5) is 18.3. The van der Waals surface area contributed by atoms with Gasteiger partial charge in [-0.15, -0.1) is 16.4 Å². The fraction of sp³-hybridized carbons (Fsp3) is 0.138. The number of amides is 1. The van der Waals surface area contributed by atoms with Crippen LogP contribution in [0.25, 0.3) is 16.4 Å². The monoisotopic (exact) mass is 526 g/mol. The molecule has 5 aromatic rings. The first-order valence-corrected chi connectivity index (χ1v) is 12.8. The highest BCUT2D eigenvalue weighted by atomic mass is 32.1. The van der Waals surface area contributed by atoms with Crippen LogP contribution in [0.1, 0.15) is 15.9 Å². The van der Waals surface area contributed by atoms with Crippen LogP contribution >= 0.6 is 11.3 Å². The van der Waals surface area contributed by atoms with E-state index >= 15 is 0 Å². The van der Waals surface area contributed by atoms with Crippen molar-refractivity contribution in [3.05, 3.63) is 101 Å². The lowest BCUT2D eigenvalue weighted by atomic mass is 10.1. The molecule has 3 aromatic carbocycles. The van der Waals surface area contributed by atoms with Crippen LogP contribution in [0.3, 0.4) is 0 Å². The second-order valence-corrected chi connectivity index (χ2v) is 9.23. The van der Waals surface area contributed by atoms with Gasteiger partial charge in [-0.25, -0.2) is 4.68 Å². The smallest absolute Gasteiger partial charge is 0.336 e. The molecule has 0 saturated carbocycles. The summed E-state index contributed by atoms with van der Waals surface area (Å²) in [5.74, 6) is 1.92. The number of hydrogen-bond acceptors (Lipinski definition) is 7. The zero-order chi connectivity index (χ0) is 26.3. The van der Waals surface area contributed by atoms with E-state index in [0.29, 0.717) is 41.9 Å². The summed E-state index contributed by atoms with van der Waals surface area (Å²) in [6, 6.07) is 26.6. The van der Waals surface area contributed by atoms with Crippen molar-refractivity contribution in [2.75, 3.05) is 26.1 Å². The van der Waals surface area contributed by atoms with Gasteiger partial charge < -0.3 is 19.5 Å². The molecule has 5 rings (SSSR count). The Morgan fingerprint density at radius 1 is 0.921 bits per heavy atom. The zero-order valence-corrected chi connectivity index (χ0v) is 21.8. The number of carbonyl (C=O) groups is 1. The van der Waals surface area contributed by atoms with E-state index in [1.165, 1.54) is 0 Å². The number of nitrogens with one attached hydrogen (secondary N) is 1. The highest BCUT2D eigenvalue weighted by Crippen LogP contribution is 2.28. The number of thiophene rings is 1. The molecule has 0 bridgehead atoms. The average Bonchev–Trinajstić information content (AvgIpc) is 3.64. The van der Waals surface area contributed by atoms with Gasteiger partial charge in [0.2, 0.25) is 0 Å². The number of aromatic nitrogens is 3. The maximum Gasteiger partial charge on any atom is 0.336 e. The van der Waals surface area contributed by atoms with Crippen molar-refractivity contribution in [2.24, 2.45) is 0 Å². The third-order valence-corrected chi connectivity index (χ3v) is 6.68. The number of methoxy groups -OCH3 is 2. The Labute approximate surface area is 224 Å². The molecular formula is C29H26N4O4S. The summed E-state index contributed by atoms with van der Waals surface area (Å²) in [6.07, 6.45) is 0.717. The van der Waals surface area contributed by atoms with Gasteiger partial charge in [0, 0.05) is 17.7 Å². The van der Waals surface area contributed by atoms with E-state index in [1.54, 1.807) is 54.5 Å². The molecule has 2 aromatic heterocycles. The largest absolute Gasteiger partial charge is 0.497 e. The molecule has 0 aliphatic carbocycles. The second kappa shape index (κ2) is 11.6. The first kappa shape index (κ1) is 25.0. The van der Waals surface area contributed by atoms with E-state index in [2.05, 4.69) is 15.4 Å². The molecule has 0 atom stereocenters. The minimum atomic E-state index is -0.218. The van der Waals surface area contributed by atoms with Gasteiger partial charge >= 0.3 is 6.01 Å². The number of nitrogens with zero attached hydrogens (tertiary/aromatic N) is 3. The van der Waals surface area contributed by atoms with Crippen LogP contribution in [0.4, 0.5) is 5.69 Å². The van der Waals surface area contributed by atoms with Crippen LogP contribution < -0.4 is 19.5 Å². The number of ether oxygens (including phenoxy) is 3. The van der Waals surface area contributed by atoms with Gasteiger partial charge in [-0.1, -0.05) is 24.3 Å². The molecule has 0 aliphatic heterocycles. The summed E-state index contributed by atoms with van der Waals surface area (Å²) in [5, 5.41) is 9.53. The molecule has 0 radical (unpaired) electrons. The second-order valence-electron chi connectivity index (χ2n) is 8.29. The van der Waals surface area contributed by atoms with Crippen LogP contribution in [-0.2, 0) is 6.42 Å². The lowest BCUT2D eigenvalue weighted by molar-refractivity contribution is 0.102. The molecule has 2 heterocycles. The lowest BCUT2D eigenvalue weighted by Gasteiger charge is -2.09. The Bertz CT molecular complexity index is 1500. The molecule has 0 fully saturated rings. The number of hydrogen-bond donors (Lipinski definition) is 1. The van der Waals surface area contributed by atoms with E-state index in [9.17, 15) is 4.79 Å². The molecule has 0 unspecified atom stereocenters. The fourth-order valence-corrected chi connectivity index (χ4v) is 4.50. The molecule has 192 valence electrons. The van der Waals surface area contributed by atoms with Crippen molar-refractivity contribution >= 4 is 22.9 Å². The standard InChI is InChI=1S/C29H26N4O4S/c1-35-24-14-8-20(9-15-24)16-17-37-29-31-27(26-7-4-18-38-26)33(32-29)23-12-10-22(11-13-23)30-28(34)21-5-3-6-25(19-21)36-2/h3-15,18-19H,16-17H2,1-2H3,(H,30,34). The quantitative estimate of drug-likeness (QED) is 0.244. The van der Waals surface area contributed by atoms with Crippen molar-refractivity contribution in [2.45, 2.75) is 6.42 Å². The molecule has 9 heteroatoms. The van der Waals surface area contributed by atoms with Crippen molar-refractivity contribution in [1.29, 1.82) is 0 Å². The zero-order valence-electron chi connectivity index (χ0n) is 21.0. The van der Waals surface area contributed by atoms with Gasteiger partial charge in [0.05, 0.1) is 31.4 Å². The average molecular weight is 527 g/mol. The number of benzene rings is 3. The fourth-order valence-electron chi connectivity index (χ4n) is 3.81.